The minimum Gasteiger partial charge on any atom is -0.380 e. The van der Waals surface area contributed by atoms with E-state index in [1.807, 2.05) is 45.0 Å². The smallest absolute Gasteiger partial charge is 0.258 e. The van der Waals surface area contributed by atoms with Crippen LogP contribution in [0, 0.1) is 11.3 Å². The van der Waals surface area contributed by atoms with Crippen LogP contribution in [0.25, 0.3) is 10.2 Å². The fourth-order valence-electron chi connectivity index (χ4n) is 1.41. The molecule has 0 bridgehead atoms. The van der Waals surface area contributed by atoms with Crippen molar-refractivity contribution in [1.82, 2.24) is 9.88 Å². The molecule has 5 nitrogen and oxygen atoms in total. The third-order valence-electron chi connectivity index (χ3n) is 2.92. The van der Waals surface area contributed by atoms with Crippen LogP contribution in [0.15, 0.2) is 35.7 Å². The molecule has 6 heteroatoms. The van der Waals surface area contributed by atoms with Gasteiger partial charge in [0.2, 0.25) is 0 Å². The van der Waals surface area contributed by atoms with Crippen molar-refractivity contribution in [2.24, 2.45) is 5.73 Å². The molecule has 0 aliphatic carbocycles. The van der Waals surface area contributed by atoms with Gasteiger partial charge in [-0.15, -0.1) is 11.3 Å². The molecule has 2 aromatic heterocycles. The van der Waals surface area contributed by atoms with Crippen molar-refractivity contribution < 1.29 is 4.79 Å². The number of thiophene rings is 1. The molecule has 0 spiro atoms. The van der Waals surface area contributed by atoms with Crippen LogP contribution in [-0.2, 0) is 0 Å². The van der Waals surface area contributed by atoms with Crippen LogP contribution in [0.1, 0.15) is 23.5 Å². The summed E-state index contributed by atoms with van der Waals surface area (Å²) in [6.07, 6.45) is 1.70. The van der Waals surface area contributed by atoms with Gasteiger partial charge in [-0.05, 0) is 26.0 Å². The zero-order valence-electron chi connectivity index (χ0n) is 12.5. The van der Waals surface area contributed by atoms with E-state index in [0.29, 0.717) is 4.88 Å². The van der Waals surface area contributed by atoms with Crippen LogP contribution in [-0.4, -0.2) is 29.9 Å². The number of amides is 1. The second kappa shape index (κ2) is 7.41. The number of aromatic nitrogens is 1. The summed E-state index contributed by atoms with van der Waals surface area (Å²) in [7, 11) is 3.85. The Morgan fingerprint density at radius 3 is 2.52 bits per heavy atom. The topological polar surface area (TPSA) is 83.0 Å². The predicted molar refractivity (Wildman–Crippen MR) is 85.8 cm³/mol. The van der Waals surface area contributed by atoms with E-state index in [-0.39, 0.29) is 0 Å². The quantitative estimate of drug-likeness (QED) is 0.865. The first kappa shape index (κ1) is 16.7. The van der Waals surface area contributed by atoms with Crippen LogP contribution in [0.2, 0.25) is 0 Å². The van der Waals surface area contributed by atoms with Gasteiger partial charge in [0, 0.05) is 36.9 Å². The number of fused-ring (bicyclic) bond motifs is 1. The van der Waals surface area contributed by atoms with Crippen LogP contribution >= 0.6 is 11.3 Å². The highest BCUT2D eigenvalue weighted by Gasteiger charge is 2.05. The highest BCUT2D eigenvalue weighted by Crippen LogP contribution is 2.22. The number of primary amides is 1. The number of carbonyl (C=O) groups is 1. The Bertz CT molecular complexity index is 677. The van der Waals surface area contributed by atoms with E-state index in [2.05, 4.69) is 11.1 Å². The van der Waals surface area contributed by atoms with Crippen molar-refractivity contribution in [3.8, 4) is 6.07 Å². The van der Waals surface area contributed by atoms with Crippen LogP contribution in [0.4, 0.5) is 0 Å². The van der Waals surface area contributed by atoms with Gasteiger partial charge in [-0.3, -0.25) is 4.79 Å². The number of pyridine rings is 1. The van der Waals surface area contributed by atoms with Crippen LogP contribution in [0.5, 0.6) is 0 Å². The van der Waals surface area contributed by atoms with Crippen molar-refractivity contribution in [1.29, 1.82) is 5.26 Å². The summed E-state index contributed by atoms with van der Waals surface area (Å²) in [6, 6.07) is 7.58. The van der Waals surface area contributed by atoms with Gasteiger partial charge in [0.25, 0.3) is 5.91 Å². The van der Waals surface area contributed by atoms with Gasteiger partial charge >= 0.3 is 0 Å². The zero-order valence-corrected chi connectivity index (χ0v) is 13.4. The number of allylic oxidation sites excluding steroid dienone is 2. The van der Waals surface area contributed by atoms with E-state index in [0.717, 1.165) is 21.5 Å². The Morgan fingerprint density at radius 1 is 1.43 bits per heavy atom. The van der Waals surface area contributed by atoms with Gasteiger partial charge < -0.3 is 10.6 Å². The number of nitriles is 1. The largest absolute Gasteiger partial charge is 0.380 e. The standard InChI is InChI=1S/C8H6N2OS.C7H12N2/c9-7(11)6-4-5-2-1-3-10-8(5)12-6;1-6(5-8)7(2)9(3)4/h1-4H,(H2,9,11);1-4H3/b;7-6-. The van der Waals surface area contributed by atoms with Crippen molar-refractivity contribution in [3.05, 3.63) is 40.5 Å². The summed E-state index contributed by atoms with van der Waals surface area (Å²) in [5, 5.41) is 9.39. The van der Waals surface area contributed by atoms with Gasteiger partial charge in [-0.1, -0.05) is 6.07 Å². The normalized spacial score (nSPS) is 11.0. The number of nitrogens with two attached hydrogens (primary N) is 1. The lowest BCUT2D eigenvalue weighted by Gasteiger charge is -2.12. The highest BCUT2D eigenvalue weighted by molar-refractivity contribution is 7.20. The Balaban J connectivity index is 0.000000222. The first-order valence-corrected chi connectivity index (χ1v) is 7.07. The van der Waals surface area contributed by atoms with Crippen molar-refractivity contribution in [3.63, 3.8) is 0 Å². The van der Waals surface area contributed by atoms with E-state index in [4.69, 9.17) is 11.0 Å². The van der Waals surface area contributed by atoms with Crippen LogP contribution < -0.4 is 5.73 Å². The summed E-state index contributed by atoms with van der Waals surface area (Å²) in [5.74, 6) is -0.391. The van der Waals surface area contributed by atoms with Gasteiger partial charge in [-0.25, -0.2) is 4.98 Å². The zero-order chi connectivity index (χ0) is 16.0. The molecule has 0 aliphatic rings. The SMILES string of the molecule is C/C(C#N)=C(\C)N(C)C.NC(=O)c1cc2cccnc2s1. The number of hydrogen-bond acceptors (Lipinski definition) is 5. The fraction of sp³-hybridized carbons (Fsp3) is 0.267. The van der Waals surface area contributed by atoms with Crippen molar-refractivity contribution in [2.75, 3.05) is 14.1 Å². The molecule has 2 rings (SSSR count). The first-order valence-electron chi connectivity index (χ1n) is 6.26. The minimum atomic E-state index is -0.391. The Hall–Kier alpha value is -2.39. The van der Waals surface area contributed by atoms with Crippen molar-refractivity contribution in [2.45, 2.75) is 13.8 Å². The molecular formula is C15H18N4OS. The van der Waals surface area contributed by atoms with Crippen molar-refractivity contribution >= 4 is 27.5 Å². The molecule has 0 aliphatic heterocycles. The Morgan fingerprint density at radius 2 is 2.10 bits per heavy atom. The molecule has 0 saturated heterocycles. The summed E-state index contributed by atoms with van der Waals surface area (Å²) in [4.78, 5) is 18.2. The number of nitrogens with zero attached hydrogens (tertiary/aromatic N) is 3. The molecule has 0 atom stereocenters. The molecular weight excluding hydrogens is 284 g/mol. The molecule has 21 heavy (non-hydrogen) atoms. The maximum absolute atomic E-state index is 10.8. The molecule has 0 unspecified atom stereocenters. The van der Waals surface area contributed by atoms with Gasteiger partial charge in [0.15, 0.2) is 0 Å². The molecule has 0 fully saturated rings. The molecule has 2 N–H and O–H groups in total. The second-order valence-corrected chi connectivity index (χ2v) is 5.62. The molecule has 0 radical (unpaired) electrons. The Labute approximate surface area is 128 Å². The maximum Gasteiger partial charge on any atom is 0.258 e. The third-order valence-corrected chi connectivity index (χ3v) is 3.99. The lowest BCUT2D eigenvalue weighted by Crippen LogP contribution is -2.09. The monoisotopic (exact) mass is 302 g/mol. The van der Waals surface area contributed by atoms with E-state index in [1.54, 1.807) is 12.3 Å². The summed E-state index contributed by atoms with van der Waals surface area (Å²) in [5.41, 5.74) is 6.92. The molecule has 2 aromatic rings. The van der Waals surface area contributed by atoms with E-state index in [1.165, 1.54) is 11.3 Å². The van der Waals surface area contributed by atoms with E-state index < -0.39 is 5.91 Å². The lowest BCUT2D eigenvalue weighted by atomic mass is 10.2. The van der Waals surface area contributed by atoms with E-state index >= 15 is 0 Å². The molecule has 1 amide bonds. The number of carbonyl (C=O) groups excluding carboxylic acids is 1. The molecule has 110 valence electrons. The fourth-order valence-corrected chi connectivity index (χ4v) is 2.26. The lowest BCUT2D eigenvalue weighted by molar-refractivity contribution is 0.100. The second-order valence-electron chi connectivity index (χ2n) is 4.59. The van der Waals surface area contributed by atoms with E-state index in [9.17, 15) is 4.79 Å². The minimum absolute atomic E-state index is 0.391. The predicted octanol–water partition coefficient (Wildman–Crippen LogP) is 2.76. The first-order chi connectivity index (χ1) is 9.86. The van der Waals surface area contributed by atoms with Crippen LogP contribution in [0.3, 0.4) is 0 Å². The maximum atomic E-state index is 10.8. The number of hydrogen-bond donors (Lipinski definition) is 1. The highest BCUT2D eigenvalue weighted by atomic mass is 32.1. The molecule has 2 heterocycles. The van der Waals surface area contributed by atoms with Gasteiger partial charge in [0.05, 0.1) is 10.9 Å². The van der Waals surface area contributed by atoms with Gasteiger partial charge in [-0.2, -0.15) is 5.26 Å². The third kappa shape index (κ3) is 4.58. The summed E-state index contributed by atoms with van der Waals surface area (Å²) >= 11 is 1.32. The molecule has 0 saturated carbocycles. The number of rotatable bonds is 2. The van der Waals surface area contributed by atoms with Gasteiger partial charge in [0.1, 0.15) is 4.83 Å². The average molecular weight is 302 g/mol. The average Bonchev–Trinajstić information content (AvgIpc) is 2.90. The summed E-state index contributed by atoms with van der Waals surface area (Å²) in [6.45, 7) is 3.74. The summed E-state index contributed by atoms with van der Waals surface area (Å²) < 4.78 is 0. The Kier molecular flexibility index (Phi) is 5.88. The molecule has 0 aromatic carbocycles.